The maximum Gasteiger partial charge on any atom is 0.409 e. The second-order valence-corrected chi connectivity index (χ2v) is 9.58. The molecule has 1 amide bonds. The van der Waals surface area contributed by atoms with Crippen molar-refractivity contribution >= 4 is 34.2 Å². The minimum absolute atomic E-state index is 0.0123. The second kappa shape index (κ2) is 8.91. The van der Waals surface area contributed by atoms with Crippen LogP contribution in [0.4, 0.5) is 16.2 Å². The number of nitrogens with zero attached hydrogens (tertiary/aromatic N) is 3. The van der Waals surface area contributed by atoms with Gasteiger partial charge in [0.05, 0.1) is 23.2 Å². The molecular weight excluding hydrogens is 444 g/mol. The van der Waals surface area contributed by atoms with E-state index in [0.717, 1.165) is 35.2 Å². The summed E-state index contributed by atoms with van der Waals surface area (Å²) in [5.41, 5.74) is 4.61. The van der Waals surface area contributed by atoms with Crippen LogP contribution in [0.3, 0.4) is 0 Å². The third-order valence-electron chi connectivity index (χ3n) is 7.49. The number of ketones is 1. The summed E-state index contributed by atoms with van der Waals surface area (Å²) in [5.74, 6) is 0.669. The van der Waals surface area contributed by atoms with E-state index in [9.17, 15) is 9.59 Å². The topological polar surface area (TPSA) is 87.9 Å². The highest BCUT2D eigenvalue weighted by molar-refractivity contribution is 6.28. The lowest BCUT2D eigenvalue weighted by Gasteiger charge is -2.36. The van der Waals surface area contributed by atoms with Crippen LogP contribution in [0.2, 0.25) is 0 Å². The van der Waals surface area contributed by atoms with E-state index in [0.29, 0.717) is 61.2 Å². The number of anilines is 2. The number of fused-ring (bicyclic) bond motifs is 2. The molecule has 2 aliphatic carbocycles. The molecule has 0 spiro atoms. The highest BCUT2D eigenvalue weighted by atomic mass is 16.6. The van der Waals surface area contributed by atoms with Crippen LogP contribution in [-0.4, -0.2) is 60.8 Å². The summed E-state index contributed by atoms with van der Waals surface area (Å²) in [7, 11) is 0. The average molecular weight is 475 g/mol. The summed E-state index contributed by atoms with van der Waals surface area (Å²) >= 11 is 0. The van der Waals surface area contributed by atoms with Crippen molar-refractivity contribution in [2.45, 2.75) is 45.1 Å². The maximum absolute atomic E-state index is 13.7. The smallest absolute Gasteiger partial charge is 0.409 e. The van der Waals surface area contributed by atoms with E-state index in [-0.39, 0.29) is 11.9 Å². The summed E-state index contributed by atoms with van der Waals surface area (Å²) in [6.45, 7) is 4.64. The lowest BCUT2D eigenvalue weighted by atomic mass is 9.85. The van der Waals surface area contributed by atoms with Gasteiger partial charge in [0.2, 0.25) is 0 Å². The number of rotatable bonds is 4. The number of benzene rings is 2. The van der Waals surface area contributed by atoms with Gasteiger partial charge in [-0.2, -0.15) is 0 Å². The van der Waals surface area contributed by atoms with Crippen molar-refractivity contribution in [3.63, 3.8) is 0 Å². The summed E-state index contributed by atoms with van der Waals surface area (Å²) in [6, 6.07) is 10.0. The molecule has 0 unspecified atom stereocenters. The number of hydrogen-bond acceptors (Lipinski definition) is 7. The van der Waals surface area contributed by atoms with Crippen LogP contribution in [0.1, 0.15) is 54.9 Å². The van der Waals surface area contributed by atoms with Gasteiger partial charge < -0.3 is 24.4 Å². The predicted octanol–water partition coefficient (Wildman–Crippen LogP) is 5.06. The minimum Gasteiger partial charge on any atom is -0.450 e. The monoisotopic (exact) mass is 474 g/mol. The van der Waals surface area contributed by atoms with Gasteiger partial charge in [-0.3, -0.25) is 4.79 Å². The first-order chi connectivity index (χ1) is 17.2. The van der Waals surface area contributed by atoms with E-state index in [1.807, 2.05) is 31.2 Å². The molecule has 3 aliphatic rings. The van der Waals surface area contributed by atoms with Gasteiger partial charge in [-0.25, -0.2) is 4.79 Å². The van der Waals surface area contributed by atoms with E-state index >= 15 is 0 Å². The molecule has 6 rings (SSSR count). The molecule has 2 heterocycles. The predicted molar refractivity (Wildman–Crippen MR) is 134 cm³/mol. The number of carbonyl (C=O) groups excluding carboxylic acids is 2. The first-order valence-corrected chi connectivity index (χ1v) is 12.7. The largest absolute Gasteiger partial charge is 0.450 e. The van der Waals surface area contributed by atoms with E-state index in [1.165, 1.54) is 19.3 Å². The molecule has 8 heteroatoms. The van der Waals surface area contributed by atoms with Gasteiger partial charge in [0, 0.05) is 49.0 Å². The Morgan fingerprint density at radius 2 is 1.86 bits per heavy atom. The van der Waals surface area contributed by atoms with Crippen LogP contribution in [0.5, 0.6) is 0 Å². The summed E-state index contributed by atoms with van der Waals surface area (Å²) in [6.07, 6.45) is 5.61. The number of amides is 1. The van der Waals surface area contributed by atoms with Crippen LogP contribution in [0, 0.1) is 0 Å². The fraction of sp³-hybridized carbons (Fsp3) is 0.444. The lowest BCUT2D eigenvalue weighted by molar-refractivity contribution is 0.103. The summed E-state index contributed by atoms with van der Waals surface area (Å²) < 4.78 is 11.1. The summed E-state index contributed by atoms with van der Waals surface area (Å²) in [4.78, 5) is 29.9. The van der Waals surface area contributed by atoms with Gasteiger partial charge in [-0.05, 0) is 25.8 Å². The van der Waals surface area contributed by atoms with Crippen molar-refractivity contribution in [3.05, 3.63) is 41.5 Å². The van der Waals surface area contributed by atoms with Crippen molar-refractivity contribution in [2.24, 2.45) is 0 Å². The number of piperazine rings is 1. The molecule has 35 heavy (non-hydrogen) atoms. The SMILES string of the molecule is CCOC(=O)N1CCN(c2cc(NC3CCCCC3)c3c4c(onc24)-c2ccccc2C3=O)CC1. The molecule has 0 atom stereocenters. The van der Waals surface area contributed by atoms with Gasteiger partial charge in [0.15, 0.2) is 11.5 Å². The van der Waals surface area contributed by atoms with Crippen LogP contribution >= 0.6 is 0 Å². The molecular formula is C27H30N4O4. The average Bonchev–Trinajstić information content (AvgIpc) is 3.34. The normalized spacial score (nSPS) is 18.0. The van der Waals surface area contributed by atoms with E-state index in [1.54, 1.807) is 4.90 Å². The fourth-order valence-corrected chi connectivity index (χ4v) is 5.71. The number of aromatic nitrogens is 1. The molecule has 1 aliphatic heterocycles. The van der Waals surface area contributed by atoms with E-state index in [4.69, 9.17) is 9.26 Å². The fourth-order valence-electron chi connectivity index (χ4n) is 5.71. The third kappa shape index (κ3) is 3.72. The van der Waals surface area contributed by atoms with Crippen molar-refractivity contribution < 1.29 is 18.8 Å². The van der Waals surface area contributed by atoms with Gasteiger partial charge in [-0.15, -0.1) is 0 Å². The standard InChI is InChI=1S/C27H30N4O4/c1-2-34-27(33)31-14-12-30(13-15-31)21-16-20(28-17-8-4-3-5-9-17)22-23-24(21)29-35-26(23)19-11-7-6-10-18(19)25(22)32/h6-7,10-11,16-17,28H,2-5,8-9,12-15H2,1H3. The molecule has 0 bridgehead atoms. The van der Waals surface area contributed by atoms with Crippen molar-refractivity contribution in [3.8, 4) is 11.3 Å². The lowest BCUT2D eigenvalue weighted by Crippen LogP contribution is -2.49. The highest BCUT2D eigenvalue weighted by Crippen LogP contribution is 2.46. The minimum atomic E-state index is -0.271. The third-order valence-corrected chi connectivity index (χ3v) is 7.49. The van der Waals surface area contributed by atoms with Gasteiger partial charge in [-0.1, -0.05) is 48.7 Å². The Labute approximate surface area is 204 Å². The van der Waals surface area contributed by atoms with E-state index in [2.05, 4.69) is 21.4 Å². The molecule has 1 saturated heterocycles. The first-order valence-electron chi connectivity index (χ1n) is 12.7. The Kier molecular flexibility index (Phi) is 5.59. The van der Waals surface area contributed by atoms with Crippen molar-refractivity contribution in [1.29, 1.82) is 0 Å². The molecule has 182 valence electrons. The Bertz CT molecular complexity index is 1290. The van der Waals surface area contributed by atoms with Gasteiger partial charge in [0.1, 0.15) is 5.52 Å². The Morgan fingerprint density at radius 1 is 1.11 bits per heavy atom. The Hall–Kier alpha value is -3.55. The molecule has 1 aromatic heterocycles. The number of carbonyl (C=O) groups is 2. The number of ether oxygens (including phenoxy) is 1. The molecule has 0 radical (unpaired) electrons. The Balaban J connectivity index is 1.43. The summed E-state index contributed by atoms with van der Waals surface area (Å²) in [5, 5.41) is 8.98. The first kappa shape index (κ1) is 21.9. The van der Waals surface area contributed by atoms with Gasteiger partial charge >= 0.3 is 6.09 Å². The van der Waals surface area contributed by atoms with Crippen molar-refractivity contribution in [2.75, 3.05) is 43.0 Å². The molecule has 2 fully saturated rings. The van der Waals surface area contributed by atoms with Crippen molar-refractivity contribution in [1.82, 2.24) is 10.1 Å². The Morgan fingerprint density at radius 3 is 2.60 bits per heavy atom. The van der Waals surface area contributed by atoms with Crippen LogP contribution in [0.15, 0.2) is 34.9 Å². The van der Waals surface area contributed by atoms with Crippen LogP contribution in [-0.2, 0) is 4.74 Å². The van der Waals surface area contributed by atoms with Crippen LogP contribution < -0.4 is 10.2 Å². The zero-order valence-electron chi connectivity index (χ0n) is 20.0. The molecule has 8 nitrogen and oxygen atoms in total. The maximum atomic E-state index is 13.7. The van der Waals surface area contributed by atoms with Crippen LogP contribution in [0.25, 0.3) is 22.2 Å². The zero-order valence-corrected chi connectivity index (χ0v) is 20.0. The van der Waals surface area contributed by atoms with Gasteiger partial charge in [0.25, 0.3) is 0 Å². The number of hydrogen-bond donors (Lipinski definition) is 1. The molecule has 3 aromatic rings. The quantitative estimate of drug-likeness (QED) is 0.442. The molecule has 2 aromatic carbocycles. The zero-order chi connectivity index (χ0) is 23.9. The molecule has 1 N–H and O–H groups in total. The second-order valence-electron chi connectivity index (χ2n) is 9.58. The molecule has 1 saturated carbocycles. The number of nitrogens with one attached hydrogen (secondary N) is 1. The van der Waals surface area contributed by atoms with E-state index < -0.39 is 0 Å². The highest BCUT2D eigenvalue weighted by Gasteiger charge is 2.35.